The minimum absolute atomic E-state index is 0.00610. The van der Waals surface area contributed by atoms with Gasteiger partial charge in [-0.15, -0.1) is 0 Å². The molecular weight excluding hydrogens is 480 g/mol. The van der Waals surface area contributed by atoms with Gasteiger partial charge in [-0.1, -0.05) is 41.0 Å². The molecule has 0 bridgehead atoms. The van der Waals surface area contributed by atoms with Gasteiger partial charge < -0.3 is 25.2 Å². The van der Waals surface area contributed by atoms with Crippen LogP contribution >= 0.6 is 0 Å². The molecule has 4 fully saturated rings. The van der Waals surface area contributed by atoms with Crippen molar-refractivity contribution in [2.45, 2.75) is 141 Å². The van der Waals surface area contributed by atoms with E-state index in [-0.39, 0.29) is 40.8 Å². The number of hydrogen-bond donors (Lipinski definition) is 4. The number of fused-ring (bicyclic) bond motifs is 2. The molecule has 0 spiro atoms. The zero-order valence-electron chi connectivity index (χ0n) is 24.3. The van der Waals surface area contributed by atoms with Gasteiger partial charge in [0.1, 0.15) is 12.2 Å². The summed E-state index contributed by atoms with van der Waals surface area (Å²) in [5, 5.41) is 47.2. The summed E-state index contributed by atoms with van der Waals surface area (Å²) >= 11 is 0. The Bertz CT molecular complexity index is 1050. The summed E-state index contributed by atoms with van der Waals surface area (Å²) in [5.74, 6) is -0.0180. The molecule has 6 nitrogen and oxygen atoms in total. The van der Waals surface area contributed by atoms with Crippen LogP contribution in [0.5, 0.6) is 0 Å². The van der Waals surface area contributed by atoms with Crippen molar-refractivity contribution in [2.24, 2.45) is 40.4 Å². The predicted molar refractivity (Wildman–Crippen MR) is 144 cm³/mol. The molecule has 214 valence electrons. The number of epoxide rings is 1. The van der Waals surface area contributed by atoms with E-state index in [4.69, 9.17) is 4.74 Å². The summed E-state index contributed by atoms with van der Waals surface area (Å²) in [5.41, 5.74) is -2.24. The molecule has 3 saturated carbocycles. The molecule has 4 N–H and O–H groups in total. The second kappa shape index (κ2) is 8.38. The third-order valence-electron chi connectivity index (χ3n) is 13.2. The highest BCUT2D eigenvalue weighted by atomic mass is 16.6. The standard InChI is InChI=1S/C32H50O6/c1-7-12-31(36,27-26(38-27)30(6,35)17(2)3)23-15-18-8-9-20-24-21(11-14-29(23,5)32(18,24)37)28(4)13-10-19(33)16-22(28)25(20)34/h17-19,21-23,26-27,33,35-37H,7-16H2,1-6H3. The maximum absolute atomic E-state index is 14.0. The number of carbonyl (C=O) groups excluding carboxylic acids is 1. The van der Waals surface area contributed by atoms with Gasteiger partial charge in [-0.05, 0) is 105 Å². The monoisotopic (exact) mass is 530 g/mol. The average molecular weight is 531 g/mol. The Morgan fingerprint density at radius 2 is 1.76 bits per heavy atom. The lowest BCUT2D eigenvalue weighted by Gasteiger charge is -2.63. The number of carbonyl (C=O) groups is 1. The van der Waals surface area contributed by atoms with E-state index in [9.17, 15) is 25.2 Å². The molecule has 0 amide bonds. The van der Waals surface area contributed by atoms with E-state index in [2.05, 4.69) is 20.8 Å². The molecule has 1 heterocycles. The third kappa shape index (κ3) is 3.22. The first-order valence-corrected chi connectivity index (χ1v) is 15.5. The molecule has 0 aromatic rings. The lowest BCUT2D eigenvalue weighted by atomic mass is 9.42. The Labute approximate surface area is 228 Å². The topological polar surface area (TPSA) is 111 Å². The van der Waals surface area contributed by atoms with Crippen LogP contribution in [0, 0.1) is 40.4 Å². The first-order chi connectivity index (χ1) is 17.7. The van der Waals surface area contributed by atoms with E-state index >= 15 is 0 Å². The van der Waals surface area contributed by atoms with E-state index in [1.807, 2.05) is 20.8 Å². The average Bonchev–Trinajstić information content (AvgIpc) is 3.63. The van der Waals surface area contributed by atoms with Crippen molar-refractivity contribution in [1.82, 2.24) is 0 Å². The van der Waals surface area contributed by atoms with Crippen molar-refractivity contribution >= 4 is 5.78 Å². The fraction of sp³-hybridized carbons (Fsp3) is 0.906. The maximum atomic E-state index is 14.0. The normalized spacial score (nSPS) is 50.8. The number of aliphatic hydroxyl groups is 4. The molecule has 6 heteroatoms. The van der Waals surface area contributed by atoms with Crippen molar-refractivity contribution in [3.8, 4) is 0 Å². The first kappa shape index (κ1) is 27.4. The maximum Gasteiger partial charge on any atom is 0.162 e. The summed E-state index contributed by atoms with van der Waals surface area (Å²) < 4.78 is 6.16. The highest BCUT2D eigenvalue weighted by Crippen LogP contribution is 2.74. The van der Waals surface area contributed by atoms with Gasteiger partial charge in [-0.25, -0.2) is 0 Å². The van der Waals surface area contributed by atoms with Crippen LogP contribution in [0.2, 0.25) is 0 Å². The number of ether oxygens (including phenoxy) is 1. The molecule has 12 atom stereocenters. The van der Waals surface area contributed by atoms with Crippen LogP contribution in [0.15, 0.2) is 11.1 Å². The zero-order chi connectivity index (χ0) is 27.6. The summed E-state index contributed by atoms with van der Waals surface area (Å²) in [7, 11) is 0. The number of ketones is 1. The zero-order valence-corrected chi connectivity index (χ0v) is 24.3. The molecule has 12 unspecified atom stereocenters. The molecule has 5 aliphatic carbocycles. The van der Waals surface area contributed by atoms with Crippen LogP contribution in [0.3, 0.4) is 0 Å². The van der Waals surface area contributed by atoms with Crippen molar-refractivity contribution in [3.63, 3.8) is 0 Å². The van der Waals surface area contributed by atoms with Gasteiger partial charge in [0.25, 0.3) is 0 Å². The van der Waals surface area contributed by atoms with Crippen molar-refractivity contribution in [3.05, 3.63) is 11.1 Å². The molecular formula is C32H50O6. The van der Waals surface area contributed by atoms with Crippen molar-refractivity contribution in [2.75, 3.05) is 0 Å². The molecule has 1 aliphatic heterocycles. The number of aliphatic hydroxyl groups excluding tert-OH is 1. The third-order valence-corrected chi connectivity index (χ3v) is 13.2. The van der Waals surface area contributed by atoms with Crippen LogP contribution in [0.4, 0.5) is 0 Å². The van der Waals surface area contributed by atoms with Crippen LogP contribution in [0.25, 0.3) is 0 Å². The minimum Gasteiger partial charge on any atom is -0.393 e. The summed E-state index contributed by atoms with van der Waals surface area (Å²) in [6, 6.07) is 0. The van der Waals surface area contributed by atoms with Gasteiger partial charge in [0.2, 0.25) is 0 Å². The molecule has 6 rings (SSSR count). The van der Waals surface area contributed by atoms with E-state index < -0.39 is 40.5 Å². The number of Topliss-reactive ketones (excluding diaryl/α,β-unsaturated/α-hetero) is 1. The molecule has 0 aromatic carbocycles. The van der Waals surface area contributed by atoms with E-state index in [0.717, 1.165) is 49.7 Å². The molecule has 0 aromatic heterocycles. The lowest BCUT2D eigenvalue weighted by Crippen LogP contribution is -2.64. The second-order valence-corrected chi connectivity index (χ2v) is 15.1. The van der Waals surface area contributed by atoms with Crippen LogP contribution < -0.4 is 0 Å². The Kier molecular flexibility index (Phi) is 6.04. The van der Waals surface area contributed by atoms with Crippen molar-refractivity contribution in [1.29, 1.82) is 0 Å². The van der Waals surface area contributed by atoms with E-state index in [1.165, 1.54) is 0 Å². The van der Waals surface area contributed by atoms with Gasteiger partial charge in [0.05, 0.1) is 22.9 Å². The SMILES string of the molecule is CCCC(O)(C1OC1C(C)(O)C(C)C)C1CC2CCC3=C4C(CCC1(C)C42O)C1(C)CCC(O)CC1C3=O. The second-order valence-electron chi connectivity index (χ2n) is 15.1. The van der Waals surface area contributed by atoms with E-state index in [0.29, 0.717) is 25.7 Å². The Morgan fingerprint density at radius 1 is 1.05 bits per heavy atom. The number of hydrogen-bond acceptors (Lipinski definition) is 6. The minimum atomic E-state index is -1.15. The summed E-state index contributed by atoms with van der Waals surface area (Å²) in [4.78, 5) is 14.0. The summed E-state index contributed by atoms with van der Waals surface area (Å²) in [6.07, 6.45) is 6.01. The molecule has 38 heavy (non-hydrogen) atoms. The fourth-order valence-electron chi connectivity index (χ4n) is 10.6. The highest BCUT2D eigenvalue weighted by molar-refractivity contribution is 6.00. The van der Waals surface area contributed by atoms with E-state index in [1.54, 1.807) is 0 Å². The van der Waals surface area contributed by atoms with Gasteiger partial charge in [-0.2, -0.15) is 0 Å². The largest absolute Gasteiger partial charge is 0.393 e. The molecule has 0 radical (unpaired) electrons. The number of allylic oxidation sites excluding steroid dienone is 1. The van der Waals surface area contributed by atoms with Crippen LogP contribution in [-0.4, -0.2) is 61.3 Å². The fourth-order valence-corrected chi connectivity index (χ4v) is 10.6. The van der Waals surface area contributed by atoms with Gasteiger partial charge in [-0.3, -0.25) is 4.79 Å². The Balaban J connectivity index is 1.43. The quantitative estimate of drug-likeness (QED) is 0.381. The first-order valence-electron chi connectivity index (χ1n) is 15.5. The molecule has 6 aliphatic rings. The Morgan fingerprint density at radius 3 is 2.42 bits per heavy atom. The lowest BCUT2D eigenvalue weighted by molar-refractivity contribution is -0.167. The number of rotatable bonds is 6. The molecule has 1 saturated heterocycles. The van der Waals surface area contributed by atoms with Crippen LogP contribution in [0.1, 0.15) is 106 Å². The smallest absolute Gasteiger partial charge is 0.162 e. The Hall–Kier alpha value is -0.790. The highest BCUT2D eigenvalue weighted by Gasteiger charge is 2.76. The summed E-state index contributed by atoms with van der Waals surface area (Å²) in [6.45, 7) is 12.3. The van der Waals surface area contributed by atoms with Gasteiger partial charge >= 0.3 is 0 Å². The van der Waals surface area contributed by atoms with Crippen molar-refractivity contribution < 1.29 is 30.0 Å². The van der Waals surface area contributed by atoms with Gasteiger partial charge in [0, 0.05) is 11.3 Å². The van der Waals surface area contributed by atoms with Gasteiger partial charge in [0.15, 0.2) is 5.78 Å². The van der Waals surface area contributed by atoms with Crippen LogP contribution in [-0.2, 0) is 9.53 Å². The predicted octanol–water partition coefficient (Wildman–Crippen LogP) is 4.32.